The van der Waals surface area contributed by atoms with Gasteiger partial charge in [-0.1, -0.05) is 5.16 Å². The third-order valence-corrected chi connectivity index (χ3v) is 0.585. The van der Waals surface area contributed by atoms with Crippen LogP contribution in [0.25, 0.3) is 0 Å². The zero-order chi connectivity index (χ0) is 4.41. The second kappa shape index (κ2) is 1.29. The van der Waals surface area contributed by atoms with Crippen LogP contribution in [0, 0.1) is 6.92 Å². The largest absolute Gasteiger partial charge is 0.392 e. The Morgan fingerprint density at radius 1 is 2.00 bits per heavy atom. The Labute approximate surface area is 36.8 Å². The van der Waals surface area contributed by atoms with E-state index in [2.05, 4.69) is 23.1 Å². The predicted molar refractivity (Wildman–Crippen MR) is 22.3 cm³/mol. The molecule has 1 atom stereocenters. The van der Waals surface area contributed by atoms with E-state index in [0.717, 1.165) is 6.42 Å². The quantitative estimate of drug-likeness (QED) is 0.417. The van der Waals surface area contributed by atoms with Crippen molar-refractivity contribution in [2.45, 2.75) is 12.5 Å². The molecule has 2 radical (unpaired) electrons. The first-order valence-electron chi connectivity index (χ1n) is 1.81. The summed E-state index contributed by atoms with van der Waals surface area (Å²) in [6.45, 7) is 3.56. The molecule has 1 rings (SSSR count). The van der Waals surface area contributed by atoms with Crippen molar-refractivity contribution in [1.29, 1.82) is 0 Å². The smallest absolute Gasteiger partial charge is 0.133 e. The van der Waals surface area contributed by atoms with Gasteiger partial charge >= 0.3 is 0 Å². The number of hydrogen-bond donors (Lipinski definition) is 0. The van der Waals surface area contributed by atoms with Gasteiger partial charge in [-0.05, 0) is 6.92 Å². The molecule has 0 spiro atoms. The van der Waals surface area contributed by atoms with Gasteiger partial charge in [0, 0.05) is 6.42 Å². The third kappa shape index (κ3) is 0.506. The molecule has 0 aromatic heterocycles. The van der Waals surface area contributed by atoms with Crippen molar-refractivity contribution >= 4 is 6.21 Å². The molecule has 1 aliphatic heterocycles. The summed E-state index contributed by atoms with van der Waals surface area (Å²) in [4.78, 5) is 4.56. The Morgan fingerprint density at radius 3 is 3.00 bits per heavy atom. The Hall–Kier alpha value is -0.530. The molecule has 0 aromatic rings. The lowest BCUT2D eigenvalue weighted by Crippen LogP contribution is -1.95. The monoisotopic (exact) mass is 83.0 g/mol. The third-order valence-electron chi connectivity index (χ3n) is 0.585. The Bertz CT molecular complexity index is 61.9. The van der Waals surface area contributed by atoms with Crippen LogP contribution >= 0.6 is 0 Å². The number of nitrogens with zero attached hydrogens (tertiary/aromatic N) is 1. The molecule has 2 heteroatoms. The SMILES string of the molecule is [CH2]C1C[C]=NO1. The lowest BCUT2D eigenvalue weighted by molar-refractivity contribution is 0.118. The molecular weight excluding hydrogens is 78.0 g/mol. The molecule has 0 bridgehead atoms. The molecule has 1 aliphatic rings. The van der Waals surface area contributed by atoms with Gasteiger partial charge in [0.25, 0.3) is 0 Å². The second-order valence-corrected chi connectivity index (χ2v) is 1.18. The number of hydrogen-bond acceptors (Lipinski definition) is 2. The maximum atomic E-state index is 4.56. The van der Waals surface area contributed by atoms with Crippen molar-refractivity contribution in [2.75, 3.05) is 0 Å². The standard InChI is InChI=1S/C4H5NO/c1-4-2-3-5-6-4/h4H,1-2H2. The highest BCUT2D eigenvalue weighted by atomic mass is 16.6. The fourth-order valence-corrected chi connectivity index (χ4v) is 0.288. The summed E-state index contributed by atoms with van der Waals surface area (Å²) in [6, 6.07) is 0. The highest BCUT2D eigenvalue weighted by molar-refractivity contribution is 5.58. The molecule has 0 N–H and O–H groups in total. The van der Waals surface area contributed by atoms with E-state index in [1.54, 1.807) is 0 Å². The molecule has 0 aliphatic carbocycles. The van der Waals surface area contributed by atoms with Crippen molar-refractivity contribution in [1.82, 2.24) is 0 Å². The van der Waals surface area contributed by atoms with Crippen molar-refractivity contribution in [3.8, 4) is 0 Å². The molecule has 0 saturated heterocycles. The topological polar surface area (TPSA) is 21.6 Å². The second-order valence-electron chi connectivity index (χ2n) is 1.18. The Kier molecular flexibility index (Phi) is 0.783. The highest BCUT2D eigenvalue weighted by Crippen LogP contribution is 2.00. The normalized spacial score (nSPS) is 30.5. The molecule has 0 saturated carbocycles. The van der Waals surface area contributed by atoms with Gasteiger partial charge < -0.3 is 4.84 Å². The van der Waals surface area contributed by atoms with Gasteiger partial charge in [-0.3, -0.25) is 0 Å². The van der Waals surface area contributed by atoms with Crippen molar-refractivity contribution < 1.29 is 4.84 Å². The summed E-state index contributed by atoms with van der Waals surface area (Å²) in [5, 5.41) is 3.35. The van der Waals surface area contributed by atoms with Crippen LogP contribution in [0.5, 0.6) is 0 Å². The van der Waals surface area contributed by atoms with Gasteiger partial charge in [0.15, 0.2) is 0 Å². The van der Waals surface area contributed by atoms with Crippen LogP contribution in [0.1, 0.15) is 6.42 Å². The maximum Gasteiger partial charge on any atom is 0.133 e. The van der Waals surface area contributed by atoms with Crippen molar-refractivity contribution in [2.24, 2.45) is 5.16 Å². The molecule has 0 aromatic carbocycles. The van der Waals surface area contributed by atoms with E-state index in [4.69, 9.17) is 0 Å². The zero-order valence-corrected chi connectivity index (χ0v) is 3.35. The van der Waals surface area contributed by atoms with E-state index in [-0.39, 0.29) is 6.10 Å². The van der Waals surface area contributed by atoms with Gasteiger partial charge in [0.2, 0.25) is 0 Å². The minimum atomic E-state index is 0.0185. The molecule has 1 unspecified atom stereocenters. The number of rotatable bonds is 0. The maximum absolute atomic E-state index is 4.56. The summed E-state index contributed by atoms with van der Waals surface area (Å²) in [7, 11) is 0. The van der Waals surface area contributed by atoms with E-state index in [9.17, 15) is 0 Å². The first-order chi connectivity index (χ1) is 2.89. The Balaban J connectivity index is 2.32. The highest BCUT2D eigenvalue weighted by Gasteiger charge is 2.04. The van der Waals surface area contributed by atoms with E-state index in [1.807, 2.05) is 0 Å². The Morgan fingerprint density at radius 2 is 2.83 bits per heavy atom. The molecule has 1 heterocycles. The summed E-state index contributed by atoms with van der Waals surface area (Å²) in [6.07, 6.45) is 3.37. The summed E-state index contributed by atoms with van der Waals surface area (Å²) in [5.41, 5.74) is 0. The molecule has 0 fully saturated rings. The van der Waals surface area contributed by atoms with E-state index in [0.29, 0.717) is 0 Å². The van der Waals surface area contributed by atoms with Gasteiger partial charge in [0.05, 0.1) is 0 Å². The van der Waals surface area contributed by atoms with Crippen molar-refractivity contribution in [3.63, 3.8) is 0 Å². The van der Waals surface area contributed by atoms with Crippen LogP contribution in [0.2, 0.25) is 0 Å². The fourth-order valence-electron chi connectivity index (χ4n) is 0.288. The average Bonchev–Trinajstić information content (AvgIpc) is 1.86. The molecule has 0 amide bonds. The fraction of sp³-hybridized carbons (Fsp3) is 0.500. The lowest BCUT2D eigenvalue weighted by Gasteiger charge is -1.92. The first-order valence-corrected chi connectivity index (χ1v) is 1.81. The molecule has 6 heavy (non-hydrogen) atoms. The predicted octanol–water partition coefficient (Wildman–Crippen LogP) is 0.472. The lowest BCUT2D eigenvalue weighted by atomic mass is 10.3. The first kappa shape index (κ1) is 3.65. The van der Waals surface area contributed by atoms with E-state index >= 15 is 0 Å². The van der Waals surface area contributed by atoms with Gasteiger partial charge in [-0.2, -0.15) is 0 Å². The van der Waals surface area contributed by atoms with E-state index in [1.165, 1.54) is 0 Å². The summed E-state index contributed by atoms with van der Waals surface area (Å²) < 4.78 is 0. The van der Waals surface area contributed by atoms with Gasteiger partial charge in [-0.25, -0.2) is 0 Å². The summed E-state index contributed by atoms with van der Waals surface area (Å²) in [5.74, 6) is 0. The van der Waals surface area contributed by atoms with Crippen LogP contribution in [-0.4, -0.2) is 12.3 Å². The minimum absolute atomic E-state index is 0.0185. The minimum Gasteiger partial charge on any atom is -0.392 e. The van der Waals surface area contributed by atoms with Crippen LogP contribution in [-0.2, 0) is 4.84 Å². The molecule has 2 nitrogen and oxygen atoms in total. The van der Waals surface area contributed by atoms with Gasteiger partial charge in [0.1, 0.15) is 12.3 Å². The summed E-state index contributed by atoms with van der Waals surface area (Å²) >= 11 is 0. The van der Waals surface area contributed by atoms with Crippen LogP contribution < -0.4 is 0 Å². The van der Waals surface area contributed by atoms with Crippen LogP contribution in [0.15, 0.2) is 5.16 Å². The van der Waals surface area contributed by atoms with Crippen molar-refractivity contribution in [3.05, 3.63) is 6.92 Å². The molecular formula is C4H5NO. The average molecular weight is 83.1 g/mol. The molecule has 32 valence electrons. The zero-order valence-electron chi connectivity index (χ0n) is 3.35. The van der Waals surface area contributed by atoms with Crippen LogP contribution in [0.4, 0.5) is 0 Å². The van der Waals surface area contributed by atoms with Gasteiger partial charge in [-0.15, -0.1) is 0 Å². The van der Waals surface area contributed by atoms with E-state index < -0.39 is 0 Å². The van der Waals surface area contributed by atoms with Crippen LogP contribution in [0.3, 0.4) is 0 Å².